The Balaban J connectivity index is 1.91. The molecule has 124 valence electrons. The van der Waals surface area contributed by atoms with Crippen molar-refractivity contribution in [2.45, 2.75) is 65.5 Å². The molecule has 1 aliphatic carbocycles. The van der Waals surface area contributed by atoms with Crippen LogP contribution in [0.1, 0.15) is 53.4 Å². The van der Waals surface area contributed by atoms with Gasteiger partial charge in [-0.25, -0.2) is 0 Å². The summed E-state index contributed by atoms with van der Waals surface area (Å²) in [5, 5.41) is 3.84. The zero-order valence-corrected chi connectivity index (χ0v) is 14.8. The van der Waals surface area contributed by atoms with Crippen LogP contribution in [0.3, 0.4) is 0 Å². The highest BCUT2D eigenvalue weighted by Crippen LogP contribution is 2.42. The van der Waals surface area contributed by atoms with E-state index < -0.39 is 0 Å². The summed E-state index contributed by atoms with van der Waals surface area (Å²) < 4.78 is 5.67. The Labute approximate surface area is 131 Å². The highest BCUT2D eigenvalue weighted by atomic mass is 16.5. The van der Waals surface area contributed by atoms with Gasteiger partial charge in [-0.1, -0.05) is 27.7 Å². The first-order valence-corrected chi connectivity index (χ1v) is 8.96. The molecule has 1 saturated carbocycles. The summed E-state index contributed by atoms with van der Waals surface area (Å²) in [6.45, 7) is 14.2. The van der Waals surface area contributed by atoms with E-state index in [4.69, 9.17) is 4.74 Å². The van der Waals surface area contributed by atoms with Gasteiger partial charge >= 0.3 is 0 Å². The second-order valence-corrected chi connectivity index (χ2v) is 8.02. The number of rotatable bonds is 6. The Hall–Kier alpha value is -0.120. The van der Waals surface area contributed by atoms with Gasteiger partial charge in [0.1, 0.15) is 0 Å². The molecule has 3 heteroatoms. The monoisotopic (exact) mass is 296 g/mol. The van der Waals surface area contributed by atoms with Crippen LogP contribution in [0, 0.1) is 17.3 Å². The molecule has 1 N–H and O–H groups in total. The molecule has 1 saturated heterocycles. The Bertz CT molecular complexity index is 318. The molecule has 4 unspecified atom stereocenters. The lowest BCUT2D eigenvalue weighted by atomic mass is 9.84. The molecular weight excluding hydrogens is 260 g/mol. The number of likely N-dealkylation sites (tertiary alicyclic amines) is 1. The van der Waals surface area contributed by atoms with Crippen molar-refractivity contribution in [2.75, 3.05) is 33.3 Å². The number of hydrogen-bond donors (Lipinski definition) is 1. The van der Waals surface area contributed by atoms with E-state index in [0.29, 0.717) is 23.5 Å². The van der Waals surface area contributed by atoms with Gasteiger partial charge in [0.15, 0.2) is 0 Å². The second kappa shape index (κ2) is 7.43. The number of methoxy groups -OCH3 is 1. The van der Waals surface area contributed by atoms with Gasteiger partial charge in [-0.3, -0.25) is 0 Å². The molecule has 2 aliphatic rings. The van der Waals surface area contributed by atoms with Crippen LogP contribution in [0.25, 0.3) is 0 Å². The van der Waals surface area contributed by atoms with Crippen molar-refractivity contribution in [3.05, 3.63) is 0 Å². The smallest absolute Gasteiger partial charge is 0.0724 e. The Morgan fingerprint density at radius 1 is 1.29 bits per heavy atom. The summed E-state index contributed by atoms with van der Waals surface area (Å²) in [6, 6.07) is 0.679. The van der Waals surface area contributed by atoms with Gasteiger partial charge in [-0.05, 0) is 56.0 Å². The van der Waals surface area contributed by atoms with Crippen molar-refractivity contribution in [1.82, 2.24) is 10.2 Å². The third-order valence-electron chi connectivity index (χ3n) is 5.86. The largest absolute Gasteiger partial charge is 0.380 e. The molecule has 0 bridgehead atoms. The summed E-state index contributed by atoms with van der Waals surface area (Å²) >= 11 is 0. The predicted molar refractivity (Wildman–Crippen MR) is 89.6 cm³/mol. The van der Waals surface area contributed by atoms with Crippen LogP contribution in [-0.4, -0.2) is 50.3 Å². The fourth-order valence-electron chi connectivity index (χ4n) is 4.36. The third kappa shape index (κ3) is 4.20. The lowest BCUT2D eigenvalue weighted by Gasteiger charge is -2.39. The molecule has 4 atom stereocenters. The summed E-state index contributed by atoms with van der Waals surface area (Å²) in [4.78, 5) is 2.65. The average Bonchev–Trinajstić information content (AvgIpc) is 2.73. The maximum atomic E-state index is 5.67. The van der Waals surface area contributed by atoms with Crippen molar-refractivity contribution in [3.8, 4) is 0 Å². The van der Waals surface area contributed by atoms with Crippen molar-refractivity contribution in [3.63, 3.8) is 0 Å². The second-order valence-electron chi connectivity index (χ2n) is 8.02. The van der Waals surface area contributed by atoms with Crippen molar-refractivity contribution >= 4 is 0 Å². The molecule has 3 nitrogen and oxygen atoms in total. The van der Waals surface area contributed by atoms with Crippen molar-refractivity contribution in [1.29, 1.82) is 0 Å². The minimum atomic E-state index is 0.426. The quantitative estimate of drug-likeness (QED) is 0.815. The van der Waals surface area contributed by atoms with E-state index in [2.05, 4.69) is 37.9 Å². The van der Waals surface area contributed by atoms with Crippen molar-refractivity contribution in [2.24, 2.45) is 17.3 Å². The molecule has 0 spiro atoms. The molecule has 1 heterocycles. The Morgan fingerprint density at radius 2 is 2.05 bits per heavy atom. The molecule has 0 aromatic heterocycles. The molecule has 21 heavy (non-hydrogen) atoms. The van der Waals surface area contributed by atoms with Gasteiger partial charge in [0, 0.05) is 26.2 Å². The lowest BCUT2D eigenvalue weighted by Crippen LogP contribution is -2.50. The van der Waals surface area contributed by atoms with E-state index in [-0.39, 0.29) is 0 Å². The molecule has 2 fully saturated rings. The number of hydrogen-bond acceptors (Lipinski definition) is 3. The number of piperidine rings is 1. The topological polar surface area (TPSA) is 24.5 Å². The SMILES string of the molecule is CCCNC1C(CN2CCC(C)C(OC)C2)CCC1(C)C. The molecule has 2 rings (SSSR count). The number of ether oxygens (including phenoxy) is 1. The van der Waals surface area contributed by atoms with Crippen LogP contribution in [-0.2, 0) is 4.74 Å². The van der Waals surface area contributed by atoms with Crippen molar-refractivity contribution < 1.29 is 4.74 Å². The van der Waals surface area contributed by atoms with E-state index in [9.17, 15) is 0 Å². The predicted octanol–water partition coefficient (Wildman–Crippen LogP) is 3.15. The minimum Gasteiger partial charge on any atom is -0.380 e. The highest BCUT2D eigenvalue weighted by Gasteiger charge is 2.42. The zero-order valence-electron chi connectivity index (χ0n) is 14.8. The molecular formula is C18H36N2O. The standard InChI is InChI=1S/C18H36N2O/c1-6-10-19-17-15(7-9-18(17,3)4)12-20-11-8-14(2)16(13-20)21-5/h14-17,19H,6-13H2,1-5H3. The lowest BCUT2D eigenvalue weighted by molar-refractivity contribution is -0.0108. The van der Waals surface area contributed by atoms with Gasteiger partial charge in [0.05, 0.1) is 6.10 Å². The van der Waals surface area contributed by atoms with E-state index in [1.54, 1.807) is 0 Å². The van der Waals surface area contributed by atoms with Crippen LogP contribution in [0.5, 0.6) is 0 Å². The summed E-state index contributed by atoms with van der Waals surface area (Å²) in [6.07, 6.45) is 5.67. The maximum Gasteiger partial charge on any atom is 0.0724 e. The van der Waals surface area contributed by atoms with E-state index in [0.717, 1.165) is 19.0 Å². The van der Waals surface area contributed by atoms with Gasteiger partial charge in [-0.2, -0.15) is 0 Å². The molecule has 0 amide bonds. The normalized spacial score (nSPS) is 37.0. The Kier molecular flexibility index (Phi) is 6.10. The van der Waals surface area contributed by atoms with Crippen LogP contribution < -0.4 is 5.32 Å². The molecule has 0 radical (unpaired) electrons. The summed E-state index contributed by atoms with van der Waals surface area (Å²) in [7, 11) is 1.87. The fraction of sp³-hybridized carbons (Fsp3) is 1.00. The van der Waals surface area contributed by atoms with Crippen LogP contribution in [0.4, 0.5) is 0 Å². The zero-order chi connectivity index (χ0) is 15.5. The number of nitrogens with one attached hydrogen (secondary N) is 1. The van der Waals surface area contributed by atoms with Crippen LogP contribution in [0.15, 0.2) is 0 Å². The summed E-state index contributed by atoms with van der Waals surface area (Å²) in [5.41, 5.74) is 0.448. The molecule has 0 aromatic carbocycles. The Morgan fingerprint density at radius 3 is 2.71 bits per heavy atom. The van der Waals surface area contributed by atoms with E-state index in [1.807, 2.05) is 7.11 Å². The van der Waals surface area contributed by atoms with Gasteiger partial charge in [0.2, 0.25) is 0 Å². The molecule has 0 aromatic rings. The minimum absolute atomic E-state index is 0.426. The van der Waals surface area contributed by atoms with Crippen LogP contribution >= 0.6 is 0 Å². The summed E-state index contributed by atoms with van der Waals surface area (Å²) in [5.74, 6) is 1.51. The van der Waals surface area contributed by atoms with Gasteiger partial charge in [0.25, 0.3) is 0 Å². The first-order chi connectivity index (χ1) is 9.97. The fourth-order valence-corrected chi connectivity index (χ4v) is 4.36. The number of nitrogens with zero attached hydrogens (tertiary/aromatic N) is 1. The highest BCUT2D eigenvalue weighted by molar-refractivity contribution is 4.97. The maximum absolute atomic E-state index is 5.67. The first-order valence-electron chi connectivity index (χ1n) is 8.96. The average molecular weight is 296 g/mol. The first kappa shape index (κ1) is 17.2. The van der Waals surface area contributed by atoms with E-state index in [1.165, 1.54) is 38.8 Å². The van der Waals surface area contributed by atoms with Gasteiger partial charge < -0.3 is 15.0 Å². The third-order valence-corrected chi connectivity index (χ3v) is 5.86. The van der Waals surface area contributed by atoms with Crippen LogP contribution in [0.2, 0.25) is 0 Å². The van der Waals surface area contributed by atoms with Gasteiger partial charge in [-0.15, -0.1) is 0 Å². The van der Waals surface area contributed by atoms with E-state index >= 15 is 0 Å². The molecule has 1 aliphatic heterocycles.